The van der Waals surface area contributed by atoms with Crippen molar-refractivity contribution in [3.05, 3.63) is 59.5 Å². The molecule has 0 amide bonds. The van der Waals surface area contributed by atoms with Crippen LogP contribution in [-0.4, -0.2) is 56.0 Å². The van der Waals surface area contributed by atoms with Crippen molar-refractivity contribution < 1.29 is 5.11 Å². The standard InChI is InChI=1S/C25H32N6O/c1-19-7-2-3-8-20(19)18-30-14-6-9-23(30)24-21(17-27-31(24)15-16-32)22-10-11-26-25(28-22)29-12-4-5-13-29/h2-3,7-8,10-11,17,23,32H,4-6,9,12-16,18H2,1H3/t23-/m1/s1. The molecule has 2 aliphatic heterocycles. The first-order chi connectivity index (χ1) is 15.7. The maximum atomic E-state index is 9.69. The molecule has 2 saturated heterocycles. The molecule has 1 aromatic carbocycles. The third kappa shape index (κ3) is 4.14. The van der Waals surface area contributed by atoms with Crippen LogP contribution in [0.5, 0.6) is 0 Å². The second-order valence-electron chi connectivity index (χ2n) is 8.88. The van der Waals surface area contributed by atoms with E-state index in [-0.39, 0.29) is 12.6 Å². The minimum atomic E-state index is 0.0709. The number of benzene rings is 1. The van der Waals surface area contributed by atoms with Gasteiger partial charge in [-0.3, -0.25) is 9.58 Å². The summed E-state index contributed by atoms with van der Waals surface area (Å²) in [5.41, 5.74) is 5.84. The molecule has 7 heteroatoms. The van der Waals surface area contributed by atoms with Gasteiger partial charge in [-0.05, 0) is 56.3 Å². The van der Waals surface area contributed by atoms with Crippen molar-refractivity contribution in [1.29, 1.82) is 0 Å². The topological polar surface area (TPSA) is 70.3 Å². The lowest BCUT2D eigenvalue weighted by molar-refractivity contribution is 0.226. The molecular formula is C25H32N6O. The first kappa shape index (κ1) is 21.1. The summed E-state index contributed by atoms with van der Waals surface area (Å²) >= 11 is 0. The second-order valence-corrected chi connectivity index (χ2v) is 8.88. The molecule has 3 aromatic rings. The van der Waals surface area contributed by atoms with Crippen molar-refractivity contribution in [3.8, 4) is 11.3 Å². The Balaban J connectivity index is 1.50. The highest BCUT2D eigenvalue weighted by molar-refractivity contribution is 5.63. The van der Waals surface area contributed by atoms with Gasteiger partial charge in [0, 0.05) is 31.4 Å². The number of likely N-dealkylation sites (tertiary alicyclic amines) is 1. The van der Waals surface area contributed by atoms with Gasteiger partial charge in [-0.1, -0.05) is 24.3 Å². The van der Waals surface area contributed by atoms with Gasteiger partial charge >= 0.3 is 0 Å². The zero-order valence-electron chi connectivity index (χ0n) is 18.8. The third-order valence-corrected chi connectivity index (χ3v) is 6.81. The molecule has 168 valence electrons. The van der Waals surface area contributed by atoms with E-state index in [1.165, 1.54) is 24.0 Å². The molecule has 0 spiro atoms. The Morgan fingerprint density at radius 1 is 1.06 bits per heavy atom. The number of anilines is 1. The maximum Gasteiger partial charge on any atom is 0.225 e. The van der Waals surface area contributed by atoms with Crippen LogP contribution in [0.4, 0.5) is 5.95 Å². The van der Waals surface area contributed by atoms with E-state index in [1.807, 2.05) is 23.1 Å². The fourth-order valence-electron chi connectivity index (χ4n) is 5.12. The summed E-state index contributed by atoms with van der Waals surface area (Å²) in [7, 11) is 0. The fraction of sp³-hybridized carbons (Fsp3) is 0.480. The minimum Gasteiger partial charge on any atom is -0.394 e. The lowest BCUT2D eigenvalue weighted by atomic mass is 10.0. The van der Waals surface area contributed by atoms with Crippen molar-refractivity contribution >= 4 is 5.95 Å². The van der Waals surface area contributed by atoms with E-state index < -0.39 is 0 Å². The molecule has 4 heterocycles. The predicted molar refractivity (Wildman–Crippen MR) is 125 cm³/mol. The van der Waals surface area contributed by atoms with E-state index in [1.54, 1.807) is 0 Å². The highest BCUT2D eigenvalue weighted by Crippen LogP contribution is 2.38. The van der Waals surface area contributed by atoms with Crippen LogP contribution in [0.3, 0.4) is 0 Å². The second kappa shape index (κ2) is 9.38. The summed E-state index contributed by atoms with van der Waals surface area (Å²) in [4.78, 5) is 14.3. The number of hydrogen-bond donors (Lipinski definition) is 1. The fourth-order valence-corrected chi connectivity index (χ4v) is 5.12. The Morgan fingerprint density at radius 2 is 1.91 bits per heavy atom. The predicted octanol–water partition coefficient (Wildman–Crippen LogP) is 3.58. The number of nitrogens with zero attached hydrogens (tertiary/aromatic N) is 6. The molecule has 0 unspecified atom stereocenters. The average Bonchev–Trinajstić information content (AvgIpc) is 3.57. The van der Waals surface area contributed by atoms with Gasteiger partial charge in [0.15, 0.2) is 0 Å². The molecule has 2 aliphatic rings. The molecule has 0 radical (unpaired) electrons. The number of rotatable bonds is 7. The van der Waals surface area contributed by atoms with Gasteiger partial charge in [-0.15, -0.1) is 0 Å². The molecular weight excluding hydrogens is 400 g/mol. The van der Waals surface area contributed by atoms with Crippen molar-refractivity contribution in [2.24, 2.45) is 0 Å². The molecule has 1 atom stereocenters. The average molecular weight is 433 g/mol. The Hall–Kier alpha value is -2.77. The van der Waals surface area contributed by atoms with Crippen LogP contribution < -0.4 is 4.90 Å². The van der Waals surface area contributed by atoms with Crippen LogP contribution in [0.25, 0.3) is 11.3 Å². The molecule has 0 saturated carbocycles. The van der Waals surface area contributed by atoms with Crippen molar-refractivity contribution in [2.75, 3.05) is 31.1 Å². The van der Waals surface area contributed by atoms with Crippen LogP contribution in [0.15, 0.2) is 42.7 Å². The lowest BCUT2D eigenvalue weighted by Gasteiger charge is -2.27. The van der Waals surface area contributed by atoms with E-state index >= 15 is 0 Å². The quantitative estimate of drug-likeness (QED) is 0.615. The summed E-state index contributed by atoms with van der Waals surface area (Å²) in [5, 5.41) is 14.4. The Labute approximate surface area is 189 Å². The van der Waals surface area contributed by atoms with Gasteiger partial charge in [0.2, 0.25) is 5.95 Å². The number of aromatic nitrogens is 4. The molecule has 2 fully saturated rings. The molecule has 1 N–H and O–H groups in total. The van der Waals surface area contributed by atoms with Crippen LogP contribution in [0.1, 0.15) is 48.5 Å². The first-order valence-corrected chi connectivity index (χ1v) is 11.8. The number of aryl methyl sites for hydroxylation is 1. The van der Waals surface area contributed by atoms with Crippen molar-refractivity contribution in [3.63, 3.8) is 0 Å². The minimum absolute atomic E-state index is 0.0709. The summed E-state index contributed by atoms with van der Waals surface area (Å²) in [6, 6.07) is 10.9. The van der Waals surface area contributed by atoms with Crippen LogP contribution in [0, 0.1) is 6.92 Å². The third-order valence-electron chi connectivity index (χ3n) is 6.81. The van der Waals surface area contributed by atoms with Gasteiger partial charge in [-0.25, -0.2) is 9.97 Å². The SMILES string of the molecule is Cc1ccccc1CN1CCC[C@@H]1c1c(-c2ccnc(N3CCCC3)n2)cnn1CCO. The molecule has 0 aliphatic carbocycles. The van der Waals surface area contributed by atoms with E-state index in [0.29, 0.717) is 6.54 Å². The largest absolute Gasteiger partial charge is 0.394 e. The van der Waals surface area contributed by atoms with Crippen molar-refractivity contribution in [2.45, 2.75) is 51.7 Å². The van der Waals surface area contributed by atoms with E-state index in [2.05, 4.69) is 51.1 Å². The van der Waals surface area contributed by atoms with Crippen LogP contribution in [0.2, 0.25) is 0 Å². The van der Waals surface area contributed by atoms with Gasteiger partial charge in [-0.2, -0.15) is 5.10 Å². The Kier molecular flexibility index (Phi) is 6.19. The summed E-state index contributed by atoms with van der Waals surface area (Å²) in [6.45, 7) is 6.77. The van der Waals surface area contributed by atoms with Crippen molar-refractivity contribution in [1.82, 2.24) is 24.6 Å². The summed E-state index contributed by atoms with van der Waals surface area (Å²) < 4.78 is 1.98. The molecule has 7 nitrogen and oxygen atoms in total. The molecule has 0 bridgehead atoms. The van der Waals surface area contributed by atoms with Crippen LogP contribution >= 0.6 is 0 Å². The van der Waals surface area contributed by atoms with Gasteiger partial charge in [0.1, 0.15) is 0 Å². The lowest BCUT2D eigenvalue weighted by Crippen LogP contribution is -2.26. The monoisotopic (exact) mass is 432 g/mol. The normalized spacial score (nSPS) is 19.2. The maximum absolute atomic E-state index is 9.69. The smallest absolute Gasteiger partial charge is 0.225 e. The number of hydrogen-bond acceptors (Lipinski definition) is 6. The van der Waals surface area contributed by atoms with E-state index in [4.69, 9.17) is 4.98 Å². The van der Waals surface area contributed by atoms with E-state index in [9.17, 15) is 5.11 Å². The highest BCUT2D eigenvalue weighted by Gasteiger charge is 2.32. The van der Waals surface area contributed by atoms with Gasteiger partial charge in [0.05, 0.1) is 36.8 Å². The van der Waals surface area contributed by atoms with Gasteiger partial charge in [0.25, 0.3) is 0 Å². The summed E-state index contributed by atoms with van der Waals surface area (Å²) in [6.07, 6.45) is 8.42. The zero-order chi connectivity index (χ0) is 21.9. The molecule has 2 aromatic heterocycles. The molecule has 32 heavy (non-hydrogen) atoms. The Bertz CT molecular complexity index is 1060. The number of aliphatic hydroxyl groups is 1. The zero-order valence-corrected chi connectivity index (χ0v) is 18.8. The molecule has 5 rings (SSSR count). The highest BCUT2D eigenvalue weighted by atomic mass is 16.3. The van der Waals surface area contributed by atoms with Gasteiger partial charge < -0.3 is 10.0 Å². The Morgan fingerprint density at radius 3 is 2.72 bits per heavy atom. The van der Waals surface area contributed by atoms with Crippen LogP contribution in [-0.2, 0) is 13.1 Å². The van der Waals surface area contributed by atoms with E-state index in [0.717, 1.165) is 61.9 Å². The first-order valence-electron chi connectivity index (χ1n) is 11.8. The number of aliphatic hydroxyl groups excluding tert-OH is 1. The summed E-state index contributed by atoms with van der Waals surface area (Å²) in [5.74, 6) is 0.809.